The van der Waals surface area contributed by atoms with E-state index >= 15 is 0 Å². The van der Waals surface area contributed by atoms with E-state index in [1.807, 2.05) is 6.92 Å². The number of rotatable bonds is 3. The first-order valence-corrected chi connectivity index (χ1v) is 6.76. The minimum absolute atomic E-state index is 0.0921. The third kappa shape index (κ3) is 3.10. The molecule has 0 spiro atoms. The lowest BCUT2D eigenvalue weighted by Gasteiger charge is -2.15. The normalized spacial score (nSPS) is 22.2. The molecule has 2 atom stereocenters. The van der Waals surface area contributed by atoms with Crippen LogP contribution in [-0.4, -0.2) is 23.4 Å². The minimum Gasteiger partial charge on any atom is -0.320 e. The van der Waals surface area contributed by atoms with Crippen molar-refractivity contribution in [3.05, 3.63) is 32.8 Å². The van der Waals surface area contributed by atoms with Crippen LogP contribution in [0.4, 0.5) is 11.4 Å². The van der Waals surface area contributed by atoms with Crippen molar-refractivity contribution in [2.24, 2.45) is 5.92 Å². The molecule has 0 saturated carbocycles. The number of hydrogen-bond donors (Lipinski definition) is 2. The van der Waals surface area contributed by atoms with Gasteiger partial charge in [-0.25, -0.2) is 0 Å². The Morgan fingerprint density at radius 1 is 1.58 bits per heavy atom. The highest BCUT2D eigenvalue weighted by atomic mass is 79.9. The Morgan fingerprint density at radius 2 is 2.32 bits per heavy atom. The van der Waals surface area contributed by atoms with Crippen molar-refractivity contribution < 1.29 is 9.72 Å². The average Bonchev–Trinajstić information content (AvgIpc) is 2.77. The molecule has 1 heterocycles. The summed E-state index contributed by atoms with van der Waals surface area (Å²) in [6.07, 6.45) is 0.747. The summed E-state index contributed by atoms with van der Waals surface area (Å²) in [5.41, 5.74) is 0.124. The average molecular weight is 328 g/mol. The fourth-order valence-electron chi connectivity index (χ4n) is 2.20. The van der Waals surface area contributed by atoms with Crippen molar-refractivity contribution in [1.29, 1.82) is 0 Å². The Kier molecular flexibility index (Phi) is 4.16. The Labute approximate surface area is 118 Å². The molecule has 1 aliphatic rings. The third-order valence-electron chi connectivity index (χ3n) is 3.28. The van der Waals surface area contributed by atoms with Crippen LogP contribution in [0.2, 0.25) is 0 Å². The van der Waals surface area contributed by atoms with E-state index in [4.69, 9.17) is 0 Å². The van der Waals surface area contributed by atoms with Crippen LogP contribution in [0, 0.1) is 16.0 Å². The van der Waals surface area contributed by atoms with E-state index in [1.54, 1.807) is 6.07 Å². The molecule has 2 N–H and O–H groups in total. The summed E-state index contributed by atoms with van der Waals surface area (Å²) in [6, 6.07) is 4.67. The fourth-order valence-corrected chi connectivity index (χ4v) is 2.55. The number of nitrogens with zero attached hydrogens (tertiary/aromatic N) is 1. The number of carbonyl (C=O) groups excluding carboxylic acids is 1. The molecule has 1 saturated heterocycles. The summed E-state index contributed by atoms with van der Waals surface area (Å²) >= 11 is 3.18. The molecular weight excluding hydrogens is 314 g/mol. The molecule has 1 aliphatic heterocycles. The van der Waals surface area contributed by atoms with E-state index in [9.17, 15) is 14.9 Å². The number of carbonyl (C=O) groups is 1. The first-order valence-electron chi connectivity index (χ1n) is 5.97. The summed E-state index contributed by atoms with van der Waals surface area (Å²) < 4.78 is 0.605. The molecule has 7 heteroatoms. The van der Waals surface area contributed by atoms with Gasteiger partial charge in [0.15, 0.2) is 0 Å². The van der Waals surface area contributed by atoms with Crippen LogP contribution in [0.3, 0.4) is 0 Å². The molecule has 1 fully saturated rings. The molecule has 0 aliphatic carbocycles. The van der Waals surface area contributed by atoms with Gasteiger partial charge in [0.2, 0.25) is 5.91 Å². The Hall–Kier alpha value is -1.47. The van der Waals surface area contributed by atoms with Gasteiger partial charge in [0.1, 0.15) is 5.69 Å². The molecule has 19 heavy (non-hydrogen) atoms. The van der Waals surface area contributed by atoms with Crippen LogP contribution in [0.1, 0.15) is 13.3 Å². The maximum Gasteiger partial charge on any atom is 0.293 e. The number of halogens is 1. The molecule has 0 aromatic heterocycles. The number of benzene rings is 1. The zero-order valence-electron chi connectivity index (χ0n) is 10.4. The lowest BCUT2D eigenvalue weighted by molar-refractivity contribution is -0.384. The van der Waals surface area contributed by atoms with Crippen molar-refractivity contribution >= 4 is 33.2 Å². The Bertz CT molecular complexity index is 521. The Balaban J connectivity index is 2.19. The molecule has 0 bridgehead atoms. The molecular formula is C12H14BrN3O3. The molecule has 1 amide bonds. The lowest BCUT2D eigenvalue weighted by Crippen LogP contribution is -2.32. The second-order valence-electron chi connectivity index (χ2n) is 4.55. The second-order valence-corrected chi connectivity index (χ2v) is 5.46. The van der Waals surface area contributed by atoms with Gasteiger partial charge in [-0.15, -0.1) is 0 Å². The van der Waals surface area contributed by atoms with E-state index in [0.29, 0.717) is 4.47 Å². The number of hydrogen-bond acceptors (Lipinski definition) is 4. The largest absolute Gasteiger partial charge is 0.320 e. The van der Waals surface area contributed by atoms with E-state index in [2.05, 4.69) is 26.6 Å². The van der Waals surface area contributed by atoms with Gasteiger partial charge in [-0.2, -0.15) is 0 Å². The third-order valence-corrected chi connectivity index (χ3v) is 3.77. The molecule has 2 rings (SSSR count). The highest BCUT2D eigenvalue weighted by Gasteiger charge is 2.30. The number of amides is 1. The maximum atomic E-state index is 12.1. The van der Waals surface area contributed by atoms with Crippen molar-refractivity contribution in [2.45, 2.75) is 19.4 Å². The van der Waals surface area contributed by atoms with E-state index in [-0.39, 0.29) is 29.2 Å². The van der Waals surface area contributed by atoms with Gasteiger partial charge >= 0.3 is 0 Å². The zero-order valence-corrected chi connectivity index (χ0v) is 11.9. The van der Waals surface area contributed by atoms with Gasteiger partial charge in [0.25, 0.3) is 5.69 Å². The first-order chi connectivity index (χ1) is 8.99. The smallest absolute Gasteiger partial charge is 0.293 e. The number of nitro groups is 1. The zero-order chi connectivity index (χ0) is 14.0. The monoisotopic (exact) mass is 327 g/mol. The van der Waals surface area contributed by atoms with Crippen LogP contribution in [-0.2, 0) is 4.79 Å². The predicted octanol–water partition coefficient (Wildman–Crippen LogP) is 2.29. The van der Waals surface area contributed by atoms with E-state index < -0.39 is 4.92 Å². The van der Waals surface area contributed by atoms with Crippen LogP contribution in [0.15, 0.2) is 22.7 Å². The molecule has 0 radical (unpaired) electrons. The van der Waals surface area contributed by atoms with Gasteiger partial charge in [-0.3, -0.25) is 14.9 Å². The molecule has 6 nitrogen and oxygen atoms in total. The van der Waals surface area contributed by atoms with Crippen LogP contribution < -0.4 is 10.6 Å². The van der Waals surface area contributed by atoms with Crippen LogP contribution >= 0.6 is 15.9 Å². The highest BCUT2D eigenvalue weighted by molar-refractivity contribution is 9.10. The maximum absolute atomic E-state index is 12.1. The van der Waals surface area contributed by atoms with E-state index in [1.165, 1.54) is 12.1 Å². The predicted molar refractivity (Wildman–Crippen MR) is 75.0 cm³/mol. The van der Waals surface area contributed by atoms with Crippen molar-refractivity contribution in [2.75, 3.05) is 11.9 Å². The molecule has 1 aromatic carbocycles. The van der Waals surface area contributed by atoms with Gasteiger partial charge < -0.3 is 10.6 Å². The summed E-state index contributed by atoms with van der Waals surface area (Å²) in [7, 11) is 0. The highest BCUT2D eigenvalue weighted by Crippen LogP contribution is 2.29. The van der Waals surface area contributed by atoms with Gasteiger partial charge in [-0.05, 0) is 32.0 Å². The minimum atomic E-state index is -0.503. The Morgan fingerprint density at radius 3 is 2.89 bits per heavy atom. The van der Waals surface area contributed by atoms with Gasteiger partial charge in [-0.1, -0.05) is 15.9 Å². The van der Waals surface area contributed by atoms with E-state index in [0.717, 1.165) is 13.0 Å². The summed E-state index contributed by atoms with van der Waals surface area (Å²) in [5, 5.41) is 16.8. The fraction of sp³-hybridized carbons (Fsp3) is 0.417. The standard InChI is InChI=1S/C12H14BrN3O3/c1-7-9(4-5-14-7)12(17)15-10-3-2-8(13)6-11(10)16(18)19/h2-3,6-7,9,14H,4-5H2,1H3,(H,15,17). The second kappa shape index (κ2) is 5.66. The van der Waals surface area contributed by atoms with Crippen LogP contribution in [0.25, 0.3) is 0 Å². The van der Waals surface area contributed by atoms with Crippen molar-refractivity contribution in [3.8, 4) is 0 Å². The number of nitro benzene ring substituents is 1. The van der Waals surface area contributed by atoms with Gasteiger partial charge in [0, 0.05) is 16.6 Å². The summed E-state index contributed by atoms with van der Waals surface area (Å²) in [5.74, 6) is -0.328. The number of anilines is 1. The van der Waals surface area contributed by atoms with Crippen molar-refractivity contribution in [3.63, 3.8) is 0 Å². The molecule has 1 aromatic rings. The molecule has 2 unspecified atom stereocenters. The summed E-state index contributed by atoms with van der Waals surface area (Å²) in [6.45, 7) is 2.73. The summed E-state index contributed by atoms with van der Waals surface area (Å²) in [4.78, 5) is 22.6. The lowest BCUT2D eigenvalue weighted by atomic mass is 10.0. The van der Waals surface area contributed by atoms with Crippen LogP contribution in [0.5, 0.6) is 0 Å². The molecule has 102 valence electrons. The van der Waals surface area contributed by atoms with Crippen molar-refractivity contribution in [1.82, 2.24) is 5.32 Å². The SMILES string of the molecule is CC1NCCC1C(=O)Nc1ccc(Br)cc1[N+](=O)[O-]. The van der Waals surface area contributed by atoms with Gasteiger partial charge in [0.05, 0.1) is 10.8 Å². The topological polar surface area (TPSA) is 84.3 Å². The quantitative estimate of drug-likeness (QED) is 0.659. The first kappa shape index (κ1) is 14.0. The number of nitrogens with one attached hydrogen (secondary N) is 2.